The fraction of sp³-hybridized carbons (Fsp3) is 0.615. The predicted octanol–water partition coefficient (Wildman–Crippen LogP) is 2.12. The monoisotopic (exact) mass is 237 g/mol. The maximum Gasteiger partial charge on any atom is 0.249 e. The van der Waals surface area contributed by atoms with Gasteiger partial charge in [0.2, 0.25) is 5.91 Å². The van der Waals surface area contributed by atoms with Crippen LogP contribution in [0.1, 0.15) is 31.3 Å². The Bertz CT molecular complexity index is 382. The first-order valence-corrected chi connectivity index (χ1v) is 6.13. The van der Waals surface area contributed by atoms with Gasteiger partial charge in [-0.3, -0.25) is 4.79 Å². The molecule has 0 aromatic carbocycles. The Balaban J connectivity index is 1.95. The Hall–Kier alpha value is -1.29. The second kappa shape index (κ2) is 5.36. The molecule has 0 atom stereocenters. The van der Waals surface area contributed by atoms with Gasteiger partial charge in [0, 0.05) is 12.6 Å². The van der Waals surface area contributed by atoms with Gasteiger partial charge in [-0.05, 0) is 38.8 Å². The highest BCUT2D eigenvalue weighted by Gasteiger charge is 2.32. The van der Waals surface area contributed by atoms with Crippen LogP contribution in [0.3, 0.4) is 0 Å². The smallest absolute Gasteiger partial charge is 0.249 e. The SMILES string of the molecule is CCOCC(=O)N(Cc1ccc(C)o1)C1CC1. The van der Waals surface area contributed by atoms with Gasteiger partial charge in [-0.1, -0.05) is 0 Å². The first kappa shape index (κ1) is 12.2. The van der Waals surface area contributed by atoms with E-state index >= 15 is 0 Å². The molecule has 0 saturated heterocycles. The minimum atomic E-state index is 0.0587. The van der Waals surface area contributed by atoms with Crippen molar-refractivity contribution in [3.8, 4) is 0 Å². The average molecular weight is 237 g/mol. The van der Waals surface area contributed by atoms with Crippen molar-refractivity contribution in [1.82, 2.24) is 4.90 Å². The zero-order valence-electron chi connectivity index (χ0n) is 10.4. The van der Waals surface area contributed by atoms with Crippen LogP contribution in [0, 0.1) is 6.92 Å². The third kappa shape index (κ3) is 3.33. The Kier molecular flexibility index (Phi) is 3.84. The minimum Gasteiger partial charge on any atom is -0.464 e. The molecule has 0 unspecified atom stereocenters. The minimum absolute atomic E-state index is 0.0587. The standard InChI is InChI=1S/C13H19NO3/c1-3-16-9-13(15)14(11-5-6-11)8-12-7-4-10(2)17-12/h4,7,11H,3,5-6,8-9H2,1-2H3. The van der Waals surface area contributed by atoms with E-state index in [4.69, 9.17) is 9.15 Å². The summed E-state index contributed by atoms with van der Waals surface area (Å²) in [5.74, 6) is 1.79. The van der Waals surface area contributed by atoms with E-state index in [0.717, 1.165) is 24.4 Å². The fourth-order valence-electron chi connectivity index (χ4n) is 1.82. The number of rotatable bonds is 6. The van der Waals surface area contributed by atoms with Gasteiger partial charge in [0.25, 0.3) is 0 Å². The molecule has 1 saturated carbocycles. The third-order valence-corrected chi connectivity index (χ3v) is 2.86. The quantitative estimate of drug-likeness (QED) is 0.761. The average Bonchev–Trinajstić information content (AvgIpc) is 3.07. The summed E-state index contributed by atoms with van der Waals surface area (Å²) in [4.78, 5) is 13.8. The van der Waals surface area contributed by atoms with Gasteiger partial charge in [0.1, 0.15) is 18.1 Å². The Labute approximate surface area is 102 Å². The van der Waals surface area contributed by atoms with E-state index in [9.17, 15) is 4.79 Å². The van der Waals surface area contributed by atoms with E-state index in [-0.39, 0.29) is 12.5 Å². The molecule has 1 amide bonds. The number of carbonyl (C=O) groups excluding carboxylic acids is 1. The van der Waals surface area contributed by atoms with Gasteiger partial charge < -0.3 is 14.1 Å². The highest BCUT2D eigenvalue weighted by molar-refractivity contribution is 5.78. The first-order valence-electron chi connectivity index (χ1n) is 6.13. The number of carbonyl (C=O) groups is 1. The summed E-state index contributed by atoms with van der Waals surface area (Å²) in [5, 5.41) is 0. The van der Waals surface area contributed by atoms with Crippen molar-refractivity contribution < 1.29 is 13.9 Å². The summed E-state index contributed by atoms with van der Waals surface area (Å²) in [7, 11) is 0. The van der Waals surface area contributed by atoms with Crippen LogP contribution in [0.5, 0.6) is 0 Å². The van der Waals surface area contributed by atoms with Crippen LogP contribution in [-0.2, 0) is 16.1 Å². The molecule has 1 fully saturated rings. The summed E-state index contributed by atoms with van der Waals surface area (Å²) in [5.41, 5.74) is 0. The fourth-order valence-corrected chi connectivity index (χ4v) is 1.82. The zero-order chi connectivity index (χ0) is 12.3. The van der Waals surface area contributed by atoms with Gasteiger partial charge in [0.15, 0.2) is 0 Å². The lowest BCUT2D eigenvalue weighted by Crippen LogP contribution is -2.35. The van der Waals surface area contributed by atoms with E-state index in [1.165, 1.54) is 0 Å². The van der Waals surface area contributed by atoms with Crippen molar-refractivity contribution in [2.75, 3.05) is 13.2 Å². The molecule has 2 rings (SSSR count). The lowest BCUT2D eigenvalue weighted by Gasteiger charge is -2.21. The first-order chi connectivity index (χ1) is 8.20. The number of ether oxygens (including phenoxy) is 1. The predicted molar refractivity (Wildman–Crippen MR) is 63.5 cm³/mol. The molecule has 1 aliphatic carbocycles. The van der Waals surface area contributed by atoms with Crippen LogP contribution in [0.2, 0.25) is 0 Å². The van der Waals surface area contributed by atoms with Crippen molar-refractivity contribution in [2.45, 2.75) is 39.3 Å². The van der Waals surface area contributed by atoms with Crippen LogP contribution in [0.15, 0.2) is 16.5 Å². The van der Waals surface area contributed by atoms with Crippen molar-refractivity contribution in [1.29, 1.82) is 0 Å². The van der Waals surface area contributed by atoms with E-state index < -0.39 is 0 Å². The highest BCUT2D eigenvalue weighted by atomic mass is 16.5. The number of amides is 1. The molecule has 1 aromatic heterocycles. The van der Waals surface area contributed by atoms with E-state index in [1.807, 2.05) is 30.9 Å². The summed E-state index contributed by atoms with van der Waals surface area (Å²) in [6.45, 7) is 5.11. The van der Waals surface area contributed by atoms with Gasteiger partial charge in [-0.25, -0.2) is 0 Å². The maximum atomic E-state index is 12.0. The normalized spacial score (nSPS) is 14.9. The Morgan fingerprint density at radius 3 is 2.82 bits per heavy atom. The molecule has 17 heavy (non-hydrogen) atoms. The largest absolute Gasteiger partial charge is 0.464 e. The Morgan fingerprint density at radius 1 is 1.53 bits per heavy atom. The molecular formula is C13H19NO3. The summed E-state index contributed by atoms with van der Waals surface area (Å²) < 4.78 is 10.7. The molecule has 1 aromatic rings. The van der Waals surface area contributed by atoms with E-state index in [0.29, 0.717) is 19.2 Å². The Morgan fingerprint density at radius 2 is 2.29 bits per heavy atom. The summed E-state index contributed by atoms with van der Waals surface area (Å²) in [6, 6.07) is 4.24. The van der Waals surface area contributed by atoms with Crippen LogP contribution in [0.4, 0.5) is 0 Å². The molecule has 0 bridgehead atoms. The summed E-state index contributed by atoms with van der Waals surface area (Å²) >= 11 is 0. The second-order valence-electron chi connectivity index (χ2n) is 4.40. The molecule has 4 nitrogen and oxygen atoms in total. The van der Waals surface area contributed by atoms with Crippen LogP contribution < -0.4 is 0 Å². The molecule has 0 radical (unpaired) electrons. The molecular weight excluding hydrogens is 218 g/mol. The van der Waals surface area contributed by atoms with E-state index in [1.54, 1.807) is 0 Å². The molecule has 0 spiro atoms. The molecule has 1 aliphatic rings. The number of aryl methyl sites for hydroxylation is 1. The maximum absolute atomic E-state index is 12.0. The number of furan rings is 1. The lowest BCUT2D eigenvalue weighted by molar-refractivity contribution is -0.137. The molecule has 0 aliphatic heterocycles. The number of hydrogen-bond donors (Lipinski definition) is 0. The van der Waals surface area contributed by atoms with Gasteiger partial charge in [0.05, 0.1) is 6.54 Å². The van der Waals surface area contributed by atoms with Crippen molar-refractivity contribution in [3.63, 3.8) is 0 Å². The highest BCUT2D eigenvalue weighted by Crippen LogP contribution is 2.28. The molecule has 94 valence electrons. The number of hydrogen-bond acceptors (Lipinski definition) is 3. The topological polar surface area (TPSA) is 42.7 Å². The van der Waals surface area contributed by atoms with Crippen LogP contribution >= 0.6 is 0 Å². The molecule has 0 N–H and O–H groups in total. The van der Waals surface area contributed by atoms with Gasteiger partial charge in [-0.2, -0.15) is 0 Å². The van der Waals surface area contributed by atoms with Crippen molar-refractivity contribution in [2.24, 2.45) is 0 Å². The van der Waals surface area contributed by atoms with Crippen molar-refractivity contribution >= 4 is 5.91 Å². The van der Waals surface area contributed by atoms with Gasteiger partial charge >= 0.3 is 0 Å². The zero-order valence-corrected chi connectivity index (χ0v) is 10.4. The third-order valence-electron chi connectivity index (χ3n) is 2.86. The van der Waals surface area contributed by atoms with Gasteiger partial charge in [-0.15, -0.1) is 0 Å². The second-order valence-corrected chi connectivity index (χ2v) is 4.40. The van der Waals surface area contributed by atoms with Crippen molar-refractivity contribution in [3.05, 3.63) is 23.7 Å². The van der Waals surface area contributed by atoms with Crippen LogP contribution in [-0.4, -0.2) is 30.1 Å². The number of nitrogens with zero attached hydrogens (tertiary/aromatic N) is 1. The lowest BCUT2D eigenvalue weighted by atomic mass is 10.3. The van der Waals surface area contributed by atoms with Crippen LogP contribution in [0.25, 0.3) is 0 Å². The molecule has 4 heteroatoms. The molecule has 1 heterocycles. The van der Waals surface area contributed by atoms with E-state index in [2.05, 4.69) is 0 Å². The summed E-state index contributed by atoms with van der Waals surface area (Å²) in [6.07, 6.45) is 2.19.